The van der Waals surface area contributed by atoms with E-state index >= 15 is 0 Å². The molecule has 164 valence electrons. The van der Waals surface area contributed by atoms with E-state index < -0.39 is 0 Å². The highest BCUT2D eigenvalue weighted by Gasteiger charge is 2.13. The van der Waals surface area contributed by atoms with Crippen molar-refractivity contribution in [3.63, 3.8) is 0 Å². The quantitative estimate of drug-likeness (QED) is 0.255. The first kappa shape index (κ1) is 19.8. The molecule has 0 radical (unpaired) electrons. The molecule has 0 fully saturated rings. The summed E-state index contributed by atoms with van der Waals surface area (Å²) in [5.41, 5.74) is 8.62. The van der Waals surface area contributed by atoms with Gasteiger partial charge in [0, 0.05) is 16.5 Å². The first-order chi connectivity index (χ1) is 17.4. The summed E-state index contributed by atoms with van der Waals surface area (Å²) in [5.74, 6) is 0. The Kier molecular flexibility index (Phi) is 4.53. The number of hydrogen-bond donors (Lipinski definition) is 0. The molecule has 0 bridgehead atoms. The Morgan fingerprint density at radius 3 is 1.94 bits per heavy atom. The third-order valence-electron chi connectivity index (χ3n) is 6.98. The number of aromatic nitrogens is 1. The van der Waals surface area contributed by atoms with Gasteiger partial charge in [-0.15, -0.1) is 0 Å². The van der Waals surface area contributed by atoms with Crippen LogP contribution < -0.4 is 0 Å². The van der Waals surface area contributed by atoms with Gasteiger partial charge >= 0.3 is 0 Å². The van der Waals surface area contributed by atoms with Gasteiger partial charge in [0.2, 0.25) is 0 Å². The van der Waals surface area contributed by atoms with Crippen molar-refractivity contribution >= 4 is 32.6 Å². The molecule has 0 aliphatic rings. The van der Waals surface area contributed by atoms with Crippen LogP contribution in [0.25, 0.3) is 60.5 Å². The van der Waals surface area contributed by atoms with Crippen molar-refractivity contribution in [2.75, 3.05) is 0 Å². The first-order valence-electron chi connectivity index (χ1n) is 12.0. The van der Waals surface area contributed by atoms with Gasteiger partial charge in [-0.3, -0.25) is 0 Å². The van der Waals surface area contributed by atoms with Crippen LogP contribution in [-0.2, 0) is 0 Å². The molecule has 0 aliphatic heterocycles. The van der Waals surface area contributed by atoms with E-state index in [-0.39, 0.29) is 0 Å². The summed E-state index contributed by atoms with van der Waals surface area (Å²) in [5, 5.41) is 5.11. The molecule has 0 atom stereocenters. The van der Waals surface area contributed by atoms with Crippen molar-refractivity contribution in [2.24, 2.45) is 0 Å². The van der Waals surface area contributed by atoms with Crippen LogP contribution in [0.3, 0.4) is 0 Å². The Morgan fingerprint density at radius 2 is 1.03 bits per heavy atom. The Balaban J connectivity index is 1.42. The number of fused-ring (bicyclic) bond motifs is 4. The molecule has 0 saturated heterocycles. The summed E-state index contributed by atoms with van der Waals surface area (Å²) in [7, 11) is 0. The molecule has 0 saturated carbocycles. The van der Waals surface area contributed by atoms with Crippen LogP contribution in [0.1, 0.15) is 0 Å². The molecule has 1 aromatic heterocycles. The Morgan fingerprint density at radius 1 is 0.371 bits per heavy atom. The van der Waals surface area contributed by atoms with Gasteiger partial charge in [-0.1, -0.05) is 103 Å². The lowest BCUT2D eigenvalue weighted by atomic mass is 9.95. The maximum absolute atomic E-state index is 2.36. The molecule has 0 N–H and O–H groups in total. The zero-order valence-corrected chi connectivity index (χ0v) is 19.2. The number of benzene rings is 6. The third-order valence-corrected chi connectivity index (χ3v) is 6.98. The van der Waals surface area contributed by atoms with Gasteiger partial charge in [-0.2, -0.15) is 0 Å². The summed E-state index contributed by atoms with van der Waals surface area (Å²) >= 11 is 0. The topological polar surface area (TPSA) is 4.93 Å². The maximum Gasteiger partial charge on any atom is 0.0541 e. The van der Waals surface area contributed by atoms with Crippen molar-refractivity contribution in [1.29, 1.82) is 0 Å². The van der Waals surface area contributed by atoms with E-state index in [1.54, 1.807) is 0 Å². The van der Waals surface area contributed by atoms with Gasteiger partial charge in [-0.05, 0) is 69.4 Å². The SMILES string of the molecule is c1ccc(-n2c3ccccc3c3cc(-c4cccc(-c5cccc6ccccc56)c4)ccc32)cc1. The first-order valence-corrected chi connectivity index (χ1v) is 12.0. The largest absolute Gasteiger partial charge is 0.309 e. The highest BCUT2D eigenvalue weighted by molar-refractivity contribution is 6.10. The van der Waals surface area contributed by atoms with Gasteiger partial charge in [0.1, 0.15) is 0 Å². The van der Waals surface area contributed by atoms with Crippen LogP contribution in [0.2, 0.25) is 0 Å². The van der Waals surface area contributed by atoms with Crippen LogP contribution in [0.15, 0.2) is 140 Å². The summed E-state index contributed by atoms with van der Waals surface area (Å²) in [6.07, 6.45) is 0. The highest BCUT2D eigenvalue weighted by atomic mass is 15.0. The fraction of sp³-hybridized carbons (Fsp3) is 0. The third kappa shape index (κ3) is 3.25. The Hall–Kier alpha value is -4.62. The average molecular weight is 446 g/mol. The molecular weight excluding hydrogens is 422 g/mol. The van der Waals surface area contributed by atoms with Crippen molar-refractivity contribution in [3.8, 4) is 27.9 Å². The molecule has 7 aromatic rings. The normalized spacial score (nSPS) is 11.4. The van der Waals surface area contributed by atoms with E-state index in [9.17, 15) is 0 Å². The molecule has 0 aliphatic carbocycles. The lowest BCUT2D eigenvalue weighted by Crippen LogP contribution is -1.92. The van der Waals surface area contributed by atoms with Gasteiger partial charge in [-0.25, -0.2) is 0 Å². The van der Waals surface area contributed by atoms with E-state index in [0.29, 0.717) is 0 Å². The molecule has 1 heteroatoms. The van der Waals surface area contributed by atoms with Gasteiger partial charge in [0.05, 0.1) is 11.0 Å². The minimum absolute atomic E-state index is 1.18. The standard InChI is InChI=1S/C34H23N/c1-2-14-28(15-3-1)35-33-19-7-6-17-31(33)32-23-26(20-21-34(32)35)25-12-8-13-27(22-25)30-18-9-11-24-10-4-5-16-29(24)30/h1-23H. The molecule has 0 spiro atoms. The second-order valence-electron chi connectivity index (χ2n) is 9.03. The molecular formula is C34H23N. The predicted molar refractivity (Wildman–Crippen MR) is 149 cm³/mol. The number of para-hydroxylation sites is 2. The van der Waals surface area contributed by atoms with Crippen molar-refractivity contribution in [3.05, 3.63) is 140 Å². The van der Waals surface area contributed by atoms with Crippen LogP contribution in [0.4, 0.5) is 0 Å². The van der Waals surface area contributed by atoms with Crippen LogP contribution in [0.5, 0.6) is 0 Å². The predicted octanol–water partition coefficient (Wildman–Crippen LogP) is 9.27. The Labute approximate surface area is 204 Å². The summed E-state index contributed by atoms with van der Waals surface area (Å²) in [6.45, 7) is 0. The molecule has 0 unspecified atom stereocenters. The fourth-order valence-corrected chi connectivity index (χ4v) is 5.35. The smallest absolute Gasteiger partial charge is 0.0541 e. The minimum atomic E-state index is 1.18. The lowest BCUT2D eigenvalue weighted by molar-refractivity contribution is 1.18. The van der Waals surface area contributed by atoms with Gasteiger partial charge in [0.25, 0.3) is 0 Å². The van der Waals surface area contributed by atoms with E-state index in [0.717, 1.165) is 0 Å². The molecule has 6 aromatic carbocycles. The van der Waals surface area contributed by atoms with Crippen molar-refractivity contribution in [2.45, 2.75) is 0 Å². The highest BCUT2D eigenvalue weighted by Crippen LogP contribution is 2.36. The lowest BCUT2D eigenvalue weighted by Gasteiger charge is -2.10. The van der Waals surface area contributed by atoms with E-state index in [2.05, 4.69) is 144 Å². The van der Waals surface area contributed by atoms with E-state index in [4.69, 9.17) is 0 Å². The average Bonchev–Trinajstić information content (AvgIpc) is 3.27. The minimum Gasteiger partial charge on any atom is -0.309 e. The van der Waals surface area contributed by atoms with E-state index in [1.807, 2.05) is 0 Å². The fourth-order valence-electron chi connectivity index (χ4n) is 5.35. The van der Waals surface area contributed by atoms with Crippen molar-refractivity contribution < 1.29 is 0 Å². The molecule has 35 heavy (non-hydrogen) atoms. The monoisotopic (exact) mass is 445 g/mol. The number of rotatable bonds is 3. The molecule has 0 amide bonds. The van der Waals surface area contributed by atoms with Crippen molar-refractivity contribution in [1.82, 2.24) is 4.57 Å². The summed E-state index contributed by atoms with van der Waals surface area (Å²) < 4.78 is 2.36. The zero-order chi connectivity index (χ0) is 23.2. The molecule has 1 heterocycles. The second kappa shape index (κ2) is 8.00. The van der Waals surface area contributed by atoms with Gasteiger partial charge < -0.3 is 4.57 Å². The molecule has 7 rings (SSSR count). The van der Waals surface area contributed by atoms with Crippen LogP contribution in [0, 0.1) is 0 Å². The van der Waals surface area contributed by atoms with Gasteiger partial charge in [0.15, 0.2) is 0 Å². The summed E-state index contributed by atoms with van der Waals surface area (Å²) in [4.78, 5) is 0. The summed E-state index contributed by atoms with van der Waals surface area (Å²) in [6, 6.07) is 50.2. The number of hydrogen-bond acceptors (Lipinski definition) is 0. The zero-order valence-electron chi connectivity index (χ0n) is 19.2. The van der Waals surface area contributed by atoms with Crippen LogP contribution >= 0.6 is 0 Å². The molecule has 1 nitrogen and oxygen atoms in total. The number of nitrogens with zero attached hydrogens (tertiary/aromatic N) is 1. The van der Waals surface area contributed by atoms with E-state index in [1.165, 1.54) is 60.5 Å². The Bertz CT molecular complexity index is 1830. The van der Waals surface area contributed by atoms with Crippen LogP contribution in [-0.4, -0.2) is 4.57 Å². The second-order valence-corrected chi connectivity index (χ2v) is 9.03. The maximum atomic E-state index is 2.36.